The first-order chi connectivity index (χ1) is 11.0. The maximum Gasteiger partial charge on any atom is 0.339 e. The van der Waals surface area contributed by atoms with Crippen LogP contribution in [0, 0.1) is 0 Å². The average Bonchev–Trinajstić information content (AvgIpc) is 2.55. The van der Waals surface area contributed by atoms with Crippen LogP contribution >= 0.6 is 15.9 Å². The van der Waals surface area contributed by atoms with Crippen molar-refractivity contribution in [3.05, 3.63) is 63.6 Å². The van der Waals surface area contributed by atoms with Gasteiger partial charge in [-0.05, 0) is 48.0 Å². The number of carboxylic acid groups (broad SMARTS) is 1. The van der Waals surface area contributed by atoms with E-state index in [2.05, 4.69) is 26.5 Å². The molecule has 23 heavy (non-hydrogen) atoms. The molecule has 2 N–H and O–H groups in total. The van der Waals surface area contributed by atoms with Crippen LogP contribution in [0.25, 0.3) is 0 Å². The number of carboxylic acids is 1. The lowest BCUT2D eigenvalue weighted by molar-refractivity contribution is 0.0693. The Morgan fingerprint density at radius 1 is 1.22 bits per heavy atom. The molecule has 0 aromatic heterocycles. The van der Waals surface area contributed by atoms with Gasteiger partial charge in [0.1, 0.15) is 11.3 Å². The van der Waals surface area contributed by atoms with E-state index >= 15 is 0 Å². The molecule has 7 heteroatoms. The van der Waals surface area contributed by atoms with Crippen LogP contribution < -0.4 is 10.2 Å². The first-order valence-electron chi connectivity index (χ1n) is 6.51. The van der Waals surface area contributed by atoms with Crippen LogP contribution in [0.5, 0.6) is 5.75 Å². The number of methoxy groups -OCH3 is 1. The molecule has 6 nitrogen and oxygen atoms in total. The van der Waals surface area contributed by atoms with E-state index in [0.717, 1.165) is 4.47 Å². The maximum absolute atomic E-state index is 11.9. The summed E-state index contributed by atoms with van der Waals surface area (Å²) in [5, 5.41) is 12.9. The van der Waals surface area contributed by atoms with Crippen LogP contribution in [0.2, 0.25) is 0 Å². The number of nitrogens with one attached hydrogen (secondary N) is 1. The van der Waals surface area contributed by atoms with Gasteiger partial charge in [-0.25, -0.2) is 10.2 Å². The molecule has 2 aromatic carbocycles. The van der Waals surface area contributed by atoms with Gasteiger partial charge in [-0.3, -0.25) is 4.79 Å². The van der Waals surface area contributed by atoms with Crippen molar-refractivity contribution in [2.24, 2.45) is 5.10 Å². The van der Waals surface area contributed by atoms with E-state index in [9.17, 15) is 9.59 Å². The van der Waals surface area contributed by atoms with Gasteiger partial charge in [0.2, 0.25) is 0 Å². The summed E-state index contributed by atoms with van der Waals surface area (Å²) in [4.78, 5) is 23.0. The highest BCUT2D eigenvalue weighted by molar-refractivity contribution is 9.10. The Labute approximate surface area is 140 Å². The molecule has 0 saturated heterocycles. The van der Waals surface area contributed by atoms with Gasteiger partial charge in [0, 0.05) is 10.0 Å². The molecule has 0 fully saturated rings. The number of benzene rings is 2. The summed E-state index contributed by atoms with van der Waals surface area (Å²) < 4.78 is 5.85. The minimum absolute atomic E-state index is 0.0238. The standard InChI is InChI=1S/C16H13BrN2O4/c1-23-14-7-2-10(8-13(14)16(21)22)9-18-19-15(20)11-3-5-12(17)6-4-11/h2-9H,1H3,(H,19,20)(H,21,22)/b18-9+. The van der Waals surface area contributed by atoms with Crippen molar-refractivity contribution >= 4 is 34.0 Å². The lowest BCUT2D eigenvalue weighted by Gasteiger charge is -2.05. The fraction of sp³-hybridized carbons (Fsp3) is 0.0625. The van der Waals surface area contributed by atoms with Gasteiger partial charge in [0.25, 0.3) is 5.91 Å². The van der Waals surface area contributed by atoms with Crippen LogP contribution in [0.15, 0.2) is 52.0 Å². The number of amides is 1. The summed E-state index contributed by atoms with van der Waals surface area (Å²) in [7, 11) is 1.40. The molecule has 0 unspecified atom stereocenters. The number of ether oxygens (including phenoxy) is 1. The maximum atomic E-state index is 11.9. The smallest absolute Gasteiger partial charge is 0.339 e. The van der Waals surface area contributed by atoms with Gasteiger partial charge < -0.3 is 9.84 Å². The number of hydrogen-bond donors (Lipinski definition) is 2. The van der Waals surface area contributed by atoms with Crippen molar-refractivity contribution in [2.75, 3.05) is 7.11 Å². The minimum Gasteiger partial charge on any atom is -0.496 e. The van der Waals surface area contributed by atoms with E-state index in [1.807, 2.05) is 0 Å². The van der Waals surface area contributed by atoms with E-state index in [-0.39, 0.29) is 17.2 Å². The zero-order valence-corrected chi connectivity index (χ0v) is 13.7. The van der Waals surface area contributed by atoms with E-state index in [1.165, 1.54) is 25.5 Å². The fourth-order valence-electron chi connectivity index (χ4n) is 1.80. The molecular formula is C16H13BrN2O4. The predicted octanol–water partition coefficient (Wildman–Crippen LogP) is 2.92. The summed E-state index contributed by atoms with van der Waals surface area (Å²) in [6, 6.07) is 11.4. The topological polar surface area (TPSA) is 88.0 Å². The monoisotopic (exact) mass is 376 g/mol. The van der Waals surface area contributed by atoms with E-state index in [0.29, 0.717) is 11.1 Å². The number of aromatic carboxylic acids is 1. The quantitative estimate of drug-likeness (QED) is 0.620. The van der Waals surface area contributed by atoms with Crippen molar-refractivity contribution in [3.63, 3.8) is 0 Å². The molecule has 1 amide bonds. The van der Waals surface area contributed by atoms with Crippen molar-refractivity contribution in [1.82, 2.24) is 5.43 Å². The zero-order chi connectivity index (χ0) is 16.8. The van der Waals surface area contributed by atoms with Crippen LogP contribution in [0.1, 0.15) is 26.3 Å². The SMILES string of the molecule is COc1ccc(/C=N/NC(=O)c2ccc(Br)cc2)cc1C(=O)O. The number of rotatable bonds is 5. The van der Waals surface area contributed by atoms with Crippen LogP contribution in [0.3, 0.4) is 0 Å². The summed E-state index contributed by atoms with van der Waals surface area (Å²) in [5.41, 5.74) is 3.40. The Bertz CT molecular complexity index is 757. The van der Waals surface area contributed by atoms with E-state index < -0.39 is 5.97 Å². The highest BCUT2D eigenvalue weighted by Crippen LogP contribution is 2.19. The normalized spacial score (nSPS) is 10.5. The molecule has 118 valence electrons. The van der Waals surface area contributed by atoms with Crippen LogP contribution in [-0.4, -0.2) is 30.3 Å². The van der Waals surface area contributed by atoms with Gasteiger partial charge in [-0.15, -0.1) is 0 Å². The van der Waals surface area contributed by atoms with Gasteiger partial charge in [0.05, 0.1) is 13.3 Å². The highest BCUT2D eigenvalue weighted by Gasteiger charge is 2.11. The van der Waals surface area contributed by atoms with Gasteiger partial charge in [0.15, 0.2) is 0 Å². The number of carbonyl (C=O) groups excluding carboxylic acids is 1. The van der Waals surface area contributed by atoms with Crippen molar-refractivity contribution in [2.45, 2.75) is 0 Å². The Hall–Kier alpha value is -2.67. The second kappa shape index (κ2) is 7.55. The first kappa shape index (κ1) is 16.7. The minimum atomic E-state index is -1.10. The molecule has 0 aliphatic heterocycles. The Balaban J connectivity index is 2.08. The van der Waals surface area contributed by atoms with Gasteiger partial charge >= 0.3 is 5.97 Å². The Morgan fingerprint density at radius 3 is 2.52 bits per heavy atom. The summed E-state index contributed by atoms with van der Waals surface area (Å²) in [6.07, 6.45) is 1.36. The molecule has 0 saturated carbocycles. The van der Waals surface area contributed by atoms with E-state index in [1.54, 1.807) is 30.3 Å². The number of halogens is 1. The van der Waals surface area contributed by atoms with Crippen LogP contribution in [0.4, 0.5) is 0 Å². The summed E-state index contributed by atoms with van der Waals surface area (Å²) in [5.74, 6) is -1.20. The third kappa shape index (κ3) is 4.40. The number of nitrogens with zero attached hydrogens (tertiary/aromatic N) is 1. The second-order valence-corrected chi connectivity index (χ2v) is 5.39. The number of hydrogen-bond acceptors (Lipinski definition) is 4. The van der Waals surface area contributed by atoms with Crippen molar-refractivity contribution in [3.8, 4) is 5.75 Å². The second-order valence-electron chi connectivity index (χ2n) is 4.47. The molecular weight excluding hydrogens is 364 g/mol. The third-order valence-corrected chi connectivity index (χ3v) is 3.47. The summed E-state index contributed by atoms with van der Waals surface area (Å²) >= 11 is 3.29. The average molecular weight is 377 g/mol. The largest absolute Gasteiger partial charge is 0.496 e. The molecule has 0 spiro atoms. The lowest BCUT2D eigenvalue weighted by Crippen LogP contribution is -2.17. The predicted molar refractivity (Wildman–Crippen MR) is 89.2 cm³/mol. The molecule has 0 aliphatic carbocycles. The Kier molecular flexibility index (Phi) is 5.48. The molecule has 0 bridgehead atoms. The van der Waals surface area contributed by atoms with Crippen LogP contribution in [-0.2, 0) is 0 Å². The number of carbonyl (C=O) groups is 2. The number of hydrazone groups is 1. The van der Waals surface area contributed by atoms with Gasteiger partial charge in [-0.2, -0.15) is 5.10 Å². The third-order valence-electron chi connectivity index (χ3n) is 2.94. The molecule has 0 heterocycles. The first-order valence-corrected chi connectivity index (χ1v) is 7.31. The zero-order valence-electron chi connectivity index (χ0n) is 12.1. The molecule has 0 aliphatic rings. The molecule has 2 rings (SSSR count). The van der Waals surface area contributed by atoms with E-state index in [4.69, 9.17) is 9.84 Å². The molecule has 0 radical (unpaired) electrons. The highest BCUT2D eigenvalue weighted by atomic mass is 79.9. The lowest BCUT2D eigenvalue weighted by atomic mass is 10.1. The molecule has 0 atom stereocenters. The van der Waals surface area contributed by atoms with Crippen molar-refractivity contribution in [1.29, 1.82) is 0 Å². The fourth-order valence-corrected chi connectivity index (χ4v) is 2.07. The van der Waals surface area contributed by atoms with Gasteiger partial charge in [-0.1, -0.05) is 15.9 Å². The van der Waals surface area contributed by atoms with Crippen molar-refractivity contribution < 1.29 is 19.4 Å². The molecule has 2 aromatic rings. The Morgan fingerprint density at radius 2 is 1.91 bits per heavy atom. The summed E-state index contributed by atoms with van der Waals surface area (Å²) in [6.45, 7) is 0.